The van der Waals surface area contributed by atoms with Gasteiger partial charge in [-0.1, -0.05) is 54.1 Å². The van der Waals surface area contributed by atoms with E-state index in [-0.39, 0.29) is 16.8 Å². The number of para-hydroxylation sites is 1. The predicted octanol–water partition coefficient (Wildman–Crippen LogP) is 5.62. The fraction of sp³-hybridized carbons (Fsp3) is 0.261. The Bertz CT molecular complexity index is 1110. The van der Waals surface area contributed by atoms with E-state index in [1.54, 1.807) is 4.90 Å². The molecule has 0 radical (unpaired) electrons. The lowest BCUT2D eigenvalue weighted by molar-refractivity contribution is 0.150. The lowest BCUT2D eigenvalue weighted by Crippen LogP contribution is -2.28. The minimum Gasteiger partial charge on any atom is -0.434 e. The number of benzene rings is 2. The molecule has 2 aliphatic rings. The van der Waals surface area contributed by atoms with Crippen LogP contribution >= 0.6 is 11.6 Å². The Morgan fingerprint density at radius 3 is 2.50 bits per heavy atom. The largest absolute Gasteiger partial charge is 0.434 e. The highest BCUT2D eigenvalue weighted by atomic mass is 35.5. The Balaban J connectivity index is 1.39. The molecular formula is C23H20ClN3O3. The van der Waals surface area contributed by atoms with Crippen molar-refractivity contribution in [2.45, 2.75) is 38.8 Å². The molecule has 1 aliphatic heterocycles. The molecule has 6 nitrogen and oxygen atoms in total. The summed E-state index contributed by atoms with van der Waals surface area (Å²) in [7, 11) is 0. The molecule has 0 bridgehead atoms. The molecule has 0 spiro atoms. The summed E-state index contributed by atoms with van der Waals surface area (Å²) in [6.07, 6.45) is 1.81. The molecule has 1 saturated carbocycles. The summed E-state index contributed by atoms with van der Waals surface area (Å²) in [5, 5.41) is 8.06. The number of carbonyl (C=O) groups excluding carboxylic acids is 1. The minimum absolute atomic E-state index is 0.126. The van der Waals surface area contributed by atoms with Crippen molar-refractivity contribution in [3.63, 3.8) is 0 Å². The van der Waals surface area contributed by atoms with E-state index in [4.69, 9.17) is 21.1 Å². The standard InChI is InChI=1S/C23H20ClN3O3/c1-14-5-4-8-18(15-9-10-15)21(14)30-22-19(11-20(24)25-26-22)29-23(28)27-12-16-6-2-3-7-17(16)13-27/h2-8,11,15H,9-10,12-13H2,1H3. The summed E-state index contributed by atoms with van der Waals surface area (Å²) in [6.45, 7) is 2.99. The van der Waals surface area contributed by atoms with Crippen LogP contribution in [-0.4, -0.2) is 21.2 Å². The Hall–Kier alpha value is -3.12. The van der Waals surface area contributed by atoms with Gasteiger partial charge in [0.15, 0.2) is 10.9 Å². The molecule has 1 amide bonds. The summed E-state index contributed by atoms with van der Waals surface area (Å²) in [4.78, 5) is 14.4. The maximum atomic E-state index is 12.8. The van der Waals surface area contributed by atoms with Gasteiger partial charge >= 0.3 is 6.09 Å². The topological polar surface area (TPSA) is 64.6 Å². The van der Waals surface area contributed by atoms with Gasteiger partial charge in [0.2, 0.25) is 0 Å². The van der Waals surface area contributed by atoms with Crippen LogP contribution in [-0.2, 0) is 13.1 Å². The Labute approximate surface area is 179 Å². The summed E-state index contributed by atoms with van der Waals surface area (Å²) >= 11 is 6.02. The van der Waals surface area contributed by atoms with Crippen LogP contribution in [0, 0.1) is 6.92 Å². The van der Waals surface area contributed by atoms with Gasteiger partial charge in [0.05, 0.1) is 0 Å². The van der Waals surface area contributed by atoms with E-state index in [1.807, 2.05) is 43.3 Å². The first-order chi connectivity index (χ1) is 14.6. The molecule has 1 aromatic heterocycles. The van der Waals surface area contributed by atoms with E-state index in [0.717, 1.165) is 40.8 Å². The normalized spacial score (nSPS) is 15.1. The summed E-state index contributed by atoms with van der Waals surface area (Å²) < 4.78 is 11.8. The quantitative estimate of drug-likeness (QED) is 0.546. The van der Waals surface area contributed by atoms with Crippen LogP contribution < -0.4 is 9.47 Å². The highest BCUT2D eigenvalue weighted by molar-refractivity contribution is 6.29. The van der Waals surface area contributed by atoms with Crippen molar-refractivity contribution in [3.05, 3.63) is 75.9 Å². The van der Waals surface area contributed by atoms with Gasteiger partial charge in [-0.15, -0.1) is 10.2 Å². The zero-order valence-corrected chi connectivity index (χ0v) is 17.2. The van der Waals surface area contributed by atoms with Crippen molar-refractivity contribution in [2.24, 2.45) is 0 Å². The molecule has 2 aromatic carbocycles. The van der Waals surface area contributed by atoms with Gasteiger partial charge in [0, 0.05) is 19.2 Å². The minimum atomic E-state index is -0.479. The average molecular weight is 422 g/mol. The zero-order valence-electron chi connectivity index (χ0n) is 16.5. The first kappa shape index (κ1) is 18.9. The third-order valence-electron chi connectivity index (χ3n) is 5.45. The lowest BCUT2D eigenvalue weighted by Gasteiger charge is -2.17. The molecule has 7 heteroatoms. The van der Waals surface area contributed by atoms with Crippen molar-refractivity contribution < 1.29 is 14.3 Å². The van der Waals surface area contributed by atoms with Gasteiger partial charge < -0.3 is 9.47 Å². The van der Waals surface area contributed by atoms with E-state index in [1.165, 1.54) is 6.07 Å². The Kier molecular flexibility index (Phi) is 4.79. The van der Waals surface area contributed by atoms with Crippen molar-refractivity contribution in [1.29, 1.82) is 0 Å². The number of carbonyl (C=O) groups is 1. The summed E-state index contributed by atoms with van der Waals surface area (Å²) in [5.74, 6) is 1.51. The molecule has 2 heterocycles. The highest BCUT2D eigenvalue weighted by Gasteiger charge is 2.29. The van der Waals surface area contributed by atoms with Crippen LogP contribution in [0.4, 0.5) is 4.79 Å². The maximum Gasteiger partial charge on any atom is 0.416 e. The second-order valence-corrected chi connectivity index (χ2v) is 8.09. The van der Waals surface area contributed by atoms with Gasteiger partial charge in [0.1, 0.15) is 5.75 Å². The van der Waals surface area contributed by atoms with Crippen LogP contribution in [0.5, 0.6) is 17.4 Å². The van der Waals surface area contributed by atoms with Crippen LogP contribution in [0.15, 0.2) is 48.5 Å². The van der Waals surface area contributed by atoms with Crippen molar-refractivity contribution in [2.75, 3.05) is 0 Å². The number of nitrogens with zero attached hydrogens (tertiary/aromatic N) is 3. The van der Waals surface area contributed by atoms with E-state index < -0.39 is 6.09 Å². The van der Waals surface area contributed by atoms with Crippen LogP contribution in [0.1, 0.15) is 41.0 Å². The second kappa shape index (κ2) is 7.61. The molecule has 5 rings (SSSR count). The predicted molar refractivity (Wildman–Crippen MR) is 112 cm³/mol. The van der Waals surface area contributed by atoms with Crippen LogP contribution in [0.25, 0.3) is 0 Å². The number of ether oxygens (including phenoxy) is 2. The molecule has 152 valence electrons. The molecule has 0 N–H and O–H groups in total. The Morgan fingerprint density at radius 1 is 1.07 bits per heavy atom. The fourth-order valence-corrected chi connectivity index (χ4v) is 3.87. The third kappa shape index (κ3) is 3.71. The molecular weight excluding hydrogens is 402 g/mol. The monoisotopic (exact) mass is 421 g/mol. The molecule has 0 atom stereocenters. The highest BCUT2D eigenvalue weighted by Crippen LogP contribution is 2.47. The van der Waals surface area contributed by atoms with Gasteiger partial charge in [-0.05, 0) is 47.9 Å². The molecule has 3 aromatic rings. The average Bonchev–Trinajstić information content (AvgIpc) is 3.48. The fourth-order valence-electron chi connectivity index (χ4n) is 3.73. The Morgan fingerprint density at radius 2 is 1.80 bits per heavy atom. The van der Waals surface area contributed by atoms with E-state index >= 15 is 0 Å². The number of amides is 1. The number of hydrogen-bond donors (Lipinski definition) is 0. The molecule has 0 unspecified atom stereocenters. The van der Waals surface area contributed by atoms with E-state index in [9.17, 15) is 4.79 Å². The van der Waals surface area contributed by atoms with Crippen LogP contribution in [0.3, 0.4) is 0 Å². The summed E-state index contributed by atoms with van der Waals surface area (Å²) in [5.41, 5.74) is 4.36. The first-order valence-electron chi connectivity index (χ1n) is 9.92. The smallest absolute Gasteiger partial charge is 0.416 e. The van der Waals surface area contributed by atoms with Crippen molar-refractivity contribution >= 4 is 17.7 Å². The van der Waals surface area contributed by atoms with Gasteiger partial charge in [-0.25, -0.2) is 4.79 Å². The molecule has 0 saturated heterocycles. The lowest BCUT2D eigenvalue weighted by atomic mass is 10.1. The maximum absolute atomic E-state index is 12.8. The van der Waals surface area contributed by atoms with Gasteiger partial charge in [-0.2, -0.15) is 0 Å². The summed E-state index contributed by atoms with van der Waals surface area (Å²) in [6, 6.07) is 15.5. The van der Waals surface area contributed by atoms with E-state index in [2.05, 4.69) is 16.3 Å². The van der Waals surface area contributed by atoms with E-state index in [0.29, 0.717) is 19.0 Å². The van der Waals surface area contributed by atoms with Gasteiger partial charge in [0.25, 0.3) is 5.88 Å². The SMILES string of the molecule is Cc1cccc(C2CC2)c1Oc1nnc(Cl)cc1OC(=O)N1Cc2ccccc2C1. The molecule has 30 heavy (non-hydrogen) atoms. The number of aryl methyl sites for hydroxylation is 1. The van der Waals surface area contributed by atoms with Crippen molar-refractivity contribution in [3.8, 4) is 17.4 Å². The van der Waals surface area contributed by atoms with Crippen molar-refractivity contribution in [1.82, 2.24) is 15.1 Å². The van der Waals surface area contributed by atoms with Crippen LogP contribution in [0.2, 0.25) is 5.15 Å². The number of fused-ring (bicyclic) bond motifs is 1. The number of rotatable bonds is 4. The zero-order chi connectivity index (χ0) is 20.7. The number of halogens is 1. The molecule has 1 aliphatic carbocycles. The number of hydrogen-bond acceptors (Lipinski definition) is 5. The third-order valence-corrected chi connectivity index (χ3v) is 5.64. The second-order valence-electron chi connectivity index (χ2n) is 7.70. The molecule has 1 fully saturated rings. The number of aromatic nitrogens is 2. The first-order valence-corrected chi connectivity index (χ1v) is 10.3. The van der Waals surface area contributed by atoms with Gasteiger partial charge in [-0.3, -0.25) is 4.90 Å².